The van der Waals surface area contributed by atoms with Crippen LogP contribution in [0.15, 0.2) is 72.8 Å². The summed E-state index contributed by atoms with van der Waals surface area (Å²) in [6.45, 7) is 2.73. The quantitative estimate of drug-likeness (QED) is 0.405. The van der Waals surface area contributed by atoms with Crippen molar-refractivity contribution in [1.82, 2.24) is 0 Å². The van der Waals surface area contributed by atoms with Gasteiger partial charge in [-0.3, -0.25) is 0 Å². The summed E-state index contributed by atoms with van der Waals surface area (Å²) in [6, 6.07) is 20.2. The average Bonchev–Trinajstić information content (AvgIpc) is 2.82. The Bertz CT molecular complexity index is 1230. The number of carboxylic acid groups (broad SMARTS) is 1. The Morgan fingerprint density at radius 1 is 1.06 bits per heavy atom. The monoisotopic (exact) mass is 481 g/mol. The summed E-state index contributed by atoms with van der Waals surface area (Å²) in [5, 5.41) is 18.9. The fraction of sp³-hybridized carbons (Fsp3) is 0.250. The molecule has 2 N–H and O–H groups in total. The maximum absolute atomic E-state index is 12.6. The van der Waals surface area contributed by atoms with Crippen LogP contribution in [0, 0.1) is 0 Å². The molecule has 1 unspecified atom stereocenters. The van der Waals surface area contributed by atoms with E-state index in [1.807, 2.05) is 42.5 Å². The lowest BCUT2D eigenvalue weighted by molar-refractivity contribution is -0.134. The second kappa shape index (κ2) is 9.49. The number of alkyl halides is 3. The molecular formula is C28H26F3NO3. The van der Waals surface area contributed by atoms with E-state index in [2.05, 4.69) is 11.8 Å². The molecule has 4 nitrogen and oxygen atoms in total. The van der Waals surface area contributed by atoms with Crippen molar-refractivity contribution in [1.29, 1.82) is 0 Å². The van der Waals surface area contributed by atoms with E-state index in [9.17, 15) is 23.1 Å². The summed E-state index contributed by atoms with van der Waals surface area (Å²) in [5.74, 6) is -0.824. The molecule has 0 aromatic heterocycles. The normalized spacial score (nSPS) is 18.0. The van der Waals surface area contributed by atoms with Gasteiger partial charge in [-0.25, -0.2) is 4.79 Å². The smallest absolute Gasteiger partial charge is 0.389 e. The van der Waals surface area contributed by atoms with Crippen molar-refractivity contribution in [2.45, 2.75) is 37.9 Å². The Balaban J connectivity index is 1.72. The Labute approximate surface area is 202 Å². The maximum Gasteiger partial charge on any atom is 0.389 e. The lowest BCUT2D eigenvalue weighted by Gasteiger charge is -2.48. The van der Waals surface area contributed by atoms with Crippen LogP contribution in [0.2, 0.25) is 0 Å². The number of aromatic hydroxyl groups is 1. The highest BCUT2D eigenvalue weighted by Crippen LogP contribution is 2.44. The molecule has 182 valence electrons. The number of fused-ring (bicyclic) bond motifs is 1. The Hall–Kier alpha value is -3.74. The van der Waals surface area contributed by atoms with E-state index in [1.165, 1.54) is 6.08 Å². The second-order valence-corrected chi connectivity index (χ2v) is 8.89. The number of halogens is 3. The van der Waals surface area contributed by atoms with Crippen molar-refractivity contribution in [3.05, 3.63) is 101 Å². The number of hydrogen-bond acceptors (Lipinski definition) is 3. The van der Waals surface area contributed by atoms with Crippen LogP contribution >= 0.6 is 0 Å². The molecule has 0 spiro atoms. The SMILES string of the molecule is CC1(c2ccc(/C=C/C(=O)O)cc2)c2ccc(O)cc2CCN1c1ccc(CCC(F)(F)F)cc1. The molecule has 1 atom stereocenters. The van der Waals surface area contributed by atoms with Crippen LogP contribution in [0.1, 0.15) is 41.2 Å². The lowest BCUT2D eigenvalue weighted by Crippen LogP contribution is -2.49. The van der Waals surface area contributed by atoms with Gasteiger partial charge < -0.3 is 15.1 Å². The molecule has 0 bridgehead atoms. The molecule has 0 saturated heterocycles. The van der Waals surface area contributed by atoms with Crippen LogP contribution in [0.5, 0.6) is 5.75 Å². The Kier molecular flexibility index (Phi) is 6.61. The lowest BCUT2D eigenvalue weighted by atomic mass is 9.76. The van der Waals surface area contributed by atoms with E-state index in [0.717, 1.165) is 34.0 Å². The van der Waals surface area contributed by atoms with E-state index in [4.69, 9.17) is 5.11 Å². The number of nitrogens with zero attached hydrogens (tertiary/aromatic N) is 1. The molecule has 0 fully saturated rings. The number of carboxylic acids is 1. The van der Waals surface area contributed by atoms with Crippen LogP contribution < -0.4 is 4.90 Å². The predicted octanol–water partition coefficient (Wildman–Crippen LogP) is 6.31. The van der Waals surface area contributed by atoms with Gasteiger partial charge >= 0.3 is 12.1 Å². The summed E-state index contributed by atoms with van der Waals surface area (Å²) >= 11 is 0. The van der Waals surface area contributed by atoms with Gasteiger partial charge in [-0.1, -0.05) is 42.5 Å². The van der Waals surface area contributed by atoms with E-state index in [1.54, 1.807) is 24.3 Å². The summed E-state index contributed by atoms with van der Waals surface area (Å²) < 4.78 is 37.9. The number of rotatable bonds is 6. The third-order valence-corrected chi connectivity index (χ3v) is 6.59. The molecule has 1 aliphatic heterocycles. The van der Waals surface area contributed by atoms with Crippen molar-refractivity contribution < 1.29 is 28.2 Å². The number of hydrogen-bond donors (Lipinski definition) is 2. The first kappa shape index (κ1) is 24.4. The highest BCUT2D eigenvalue weighted by atomic mass is 19.4. The van der Waals surface area contributed by atoms with Crippen LogP contribution in [0.4, 0.5) is 18.9 Å². The fourth-order valence-corrected chi connectivity index (χ4v) is 4.78. The molecule has 3 aromatic carbocycles. The number of carbonyl (C=O) groups is 1. The molecule has 0 amide bonds. The zero-order valence-corrected chi connectivity index (χ0v) is 19.2. The minimum atomic E-state index is -4.19. The molecule has 4 rings (SSSR count). The van der Waals surface area contributed by atoms with Gasteiger partial charge in [0, 0.05) is 24.7 Å². The summed E-state index contributed by atoms with van der Waals surface area (Å²) in [4.78, 5) is 13.1. The number of aliphatic carboxylic acids is 1. The minimum Gasteiger partial charge on any atom is -0.508 e. The zero-order valence-electron chi connectivity index (χ0n) is 19.2. The molecule has 0 radical (unpaired) electrons. The molecular weight excluding hydrogens is 455 g/mol. The summed E-state index contributed by atoms with van der Waals surface area (Å²) in [5.41, 5.74) is 4.67. The fourth-order valence-electron chi connectivity index (χ4n) is 4.78. The standard InChI is InChI=1S/C28H26F3NO3/c1-27(22-7-2-19(3-8-22)6-13-26(34)35)25-12-11-24(33)18-21(25)15-17-32(27)23-9-4-20(5-10-23)14-16-28(29,30)31/h2-13,18,33H,14-17H2,1H3,(H,34,35)/b13-6+. The van der Waals surface area contributed by atoms with E-state index in [-0.39, 0.29) is 12.2 Å². The van der Waals surface area contributed by atoms with Crippen molar-refractivity contribution in [3.8, 4) is 5.75 Å². The van der Waals surface area contributed by atoms with Crippen molar-refractivity contribution in [3.63, 3.8) is 0 Å². The number of aryl methyl sites for hydroxylation is 1. The van der Waals surface area contributed by atoms with Crippen molar-refractivity contribution in [2.75, 3.05) is 11.4 Å². The van der Waals surface area contributed by atoms with Gasteiger partial charge in [0.25, 0.3) is 0 Å². The first-order chi connectivity index (χ1) is 16.6. The van der Waals surface area contributed by atoms with Crippen LogP contribution in [-0.4, -0.2) is 28.9 Å². The molecule has 1 aliphatic rings. The zero-order chi connectivity index (χ0) is 25.2. The molecule has 0 saturated carbocycles. The third kappa shape index (κ3) is 5.34. The Morgan fingerprint density at radius 3 is 2.37 bits per heavy atom. The first-order valence-corrected chi connectivity index (χ1v) is 11.3. The van der Waals surface area contributed by atoms with Crippen LogP contribution in [0.3, 0.4) is 0 Å². The topological polar surface area (TPSA) is 60.8 Å². The van der Waals surface area contributed by atoms with Gasteiger partial charge in [-0.15, -0.1) is 0 Å². The number of benzene rings is 3. The minimum absolute atomic E-state index is 0.0610. The predicted molar refractivity (Wildman–Crippen MR) is 130 cm³/mol. The third-order valence-electron chi connectivity index (χ3n) is 6.59. The van der Waals surface area contributed by atoms with Gasteiger partial charge in [0.15, 0.2) is 0 Å². The maximum atomic E-state index is 12.6. The number of phenolic OH excluding ortho intramolecular Hbond substituents is 1. The highest BCUT2D eigenvalue weighted by Gasteiger charge is 2.40. The molecule has 0 aliphatic carbocycles. The highest BCUT2D eigenvalue weighted by molar-refractivity contribution is 5.85. The van der Waals surface area contributed by atoms with Crippen molar-refractivity contribution in [2.24, 2.45) is 0 Å². The van der Waals surface area contributed by atoms with Crippen LogP contribution in [0.25, 0.3) is 6.08 Å². The van der Waals surface area contributed by atoms with Gasteiger partial charge in [0.2, 0.25) is 0 Å². The first-order valence-electron chi connectivity index (χ1n) is 11.3. The van der Waals surface area contributed by atoms with Gasteiger partial charge in [0.1, 0.15) is 5.75 Å². The van der Waals surface area contributed by atoms with Crippen LogP contribution in [-0.2, 0) is 23.2 Å². The van der Waals surface area contributed by atoms with Gasteiger partial charge in [-0.05, 0) is 77.9 Å². The molecule has 1 heterocycles. The van der Waals surface area contributed by atoms with Crippen molar-refractivity contribution >= 4 is 17.7 Å². The van der Waals surface area contributed by atoms with E-state index in [0.29, 0.717) is 18.5 Å². The molecule has 7 heteroatoms. The summed E-state index contributed by atoms with van der Waals surface area (Å²) in [6.07, 6.45) is -1.79. The van der Waals surface area contributed by atoms with Gasteiger partial charge in [0.05, 0.1) is 5.54 Å². The average molecular weight is 482 g/mol. The largest absolute Gasteiger partial charge is 0.508 e. The van der Waals surface area contributed by atoms with E-state index >= 15 is 0 Å². The molecule has 35 heavy (non-hydrogen) atoms. The number of phenols is 1. The summed E-state index contributed by atoms with van der Waals surface area (Å²) in [7, 11) is 0. The van der Waals surface area contributed by atoms with Gasteiger partial charge in [-0.2, -0.15) is 13.2 Å². The Morgan fingerprint density at radius 2 is 1.74 bits per heavy atom. The number of anilines is 1. The molecule has 3 aromatic rings. The second-order valence-electron chi connectivity index (χ2n) is 8.89. The van der Waals surface area contributed by atoms with E-state index < -0.39 is 24.1 Å².